The molecule has 90 valence electrons. The molecule has 1 aromatic heterocycles. The van der Waals surface area contributed by atoms with Crippen LogP contribution < -0.4 is 0 Å². The highest BCUT2D eigenvalue weighted by Gasteiger charge is 2.49. The van der Waals surface area contributed by atoms with E-state index in [4.69, 9.17) is 9.57 Å². The average molecular weight is 235 g/mol. The maximum atomic E-state index is 11.6. The van der Waals surface area contributed by atoms with Crippen molar-refractivity contribution in [2.75, 3.05) is 6.61 Å². The first kappa shape index (κ1) is 10.3. The van der Waals surface area contributed by atoms with Gasteiger partial charge in [-0.2, -0.15) is 0 Å². The number of aryl methyl sites for hydroxylation is 1. The summed E-state index contributed by atoms with van der Waals surface area (Å²) in [4.78, 5) is 21.3. The van der Waals surface area contributed by atoms with Gasteiger partial charge >= 0.3 is 5.97 Å². The van der Waals surface area contributed by atoms with Crippen LogP contribution in [0.1, 0.15) is 25.6 Å². The number of fused-ring (bicyclic) bond motifs is 2. The summed E-state index contributed by atoms with van der Waals surface area (Å²) in [6.07, 6.45) is 4.89. The molecule has 17 heavy (non-hydrogen) atoms. The number of carbonyl (C=O) groups is 1. The number of esters is 1. The zero-order valence-electron chi connectivity index (χ0n) is 9.55. The number of ether oxygens (including phenoxy) is 1. The minimum absolute atomic E-state index is 0.347. The van der Waals surface area contributed by atoms with E-state index in [0.29, 0.717) is 18.7 Å². The highest BCUT2D eigenvalue weighted by molar-refractivity contribution is 6.36. The number of oxime groups is 1. The fourth-order valence-corrected chi connectivity index (χ4v) is 2.36. The van der Waals surface area contributed by atoms with Crippen molar-refractivity contribution in [1.82, 2.24) is 9.55 Å². The summed E-state index contributed by atoms with van der Waals surface area (Å²) >= 11 is 0. The molecule has 0 N–H and O–H groups in total. The SMILES string of the molecule is CCOC(=O)C1=NOC2(CCn3ccnc32)C1. The third-order valence-electron chi connectivity index (χ3n) is 3.17. The number of nitrogens with zero attached hydrogens (tertiary/aromatic N) is 3. The monoisotopic (exact) mass is 235 g/mol. The molecule has 2 aliphatic heterocycles. The molecule has 0 bridgehead atoms. The highest BCUT2D eigenvalue weighted by Crippen LogP contribution is 2.41. The molecule has 2 aliphatic rings. The van der Waals surface area contributed by atoms with Gasteiger partial charge in [-0.05, 0) is 6.92 Å². The van der Waals surface area contributed by atoms with Gasteiger partial charge in [0, 0.05) is 25.4 Å². The maximum Gasteiger partial charge on any atom is 0.356 e. The average Bonchev–Trinajstić information content (AvgIpc) is 3.00. The summed E-state index contributed by atoms with van der Waals surface area (Å²) in [6.45, 7) is 2.97. The molecule has 0 saturated heterocycles. The molecule has 0 amide bonds. The Labute approximate surface area is 98.2 Å². The molecule has 1 unspecified atom stereocenters. The van der Waals surface area contributed by atoms with Gasteiger partial charge in [-0.3, -0.25) is 0 Å². The van der Waals surface area contributed by atoms with E-state index in [1.54, 1.807) is 13.1 Å². The van der Waals surface area contributed by atoms with E-state index < -0.39 is 11.6 Å². The van der Waals surface area contributed by atoms with Crippen molar-refractivity contribution in [2.24, 2.45) is 5.16 Å². The predicted octanol–water partition coefficient (Wildman–Crippen LogP) is 0.821. The van der Waals surface area contributed by atoms with E-state index in [9.17, 15) is 4.79 Å². The summed E-state index contributed by atoms with van der Waals surface area (Å²) < 4.78 is 6.95. The van der Waals surface area contributed by atoms with Gasteiger partial charge in [0.2, 0.25) is 5.60 Å². The Kier molecular flexibility index (Phi) is 2.17. The predicted molar refractivity (Wildman–Crippen MR) is 58.3 cm³/mol. The molecule has 3 heterocycles. The van der Waals surface area contributed by atoms with Gasteiger partial charge in [0.25, 0.3) is 0 Å². The van der Waals surface area contributed by atoms with Crippen LogP contribution in [0.2, 0.25) is 0 Å². The van der Waals surface area contributed by atoms with Crippen molar-refractivity contribution < 1.29 is 14.4 Å². The van der Waals surface area contributed by atoms with Crippen LogP contribution in [0.5, 0.6) is 0 Å². The molecule has 1 spiro atoms. The van der Waals surface area contributed by atoms with Crippen LogP contribution in [0.4, 0.5) is 0 Å². The quantitative estimate of drug-likeness (QED) is 0.712. The number of hydrogen-bond acceptors (Lipinski definition) is 5. The molecule has 0 radical (unpaired) electrons. The van der Waals surface area contributed by atoms with Gasteiger partial charge in [0.15, 0.2) is 11.5 Å². The number of imidazole rings is 1. The third-order valence-corrected chi connectivity index (χ3v) is 3.17. The Hall–Kier alpha value is -1.85. The van der Waals surface area contributed by atoms with Gasteiger partial charge in [0.1, 0.15) is 0 Å². The van der Waals surface area contributed by atoms with E-state index in [0.717, 1.165) is 18.8 Å². The van der Waals surface area contributed by atoms with Crippen molar-refractivity contribution in [2.45, 2.75) is 31.9 Å². The molecule has 0 aliphatic carbocycles. The van der Waals surface area contributed by atoms with Crippen molar-refractivity contribution in [3.05, 3.63) is 18.2 Å². The lowest BCUT2D eigenvalue weighted by atomic mass is 9.95. The van der Waals surface area contributed by atoms with Crippen LogP contribution in [0.3, 0.4) is 0 Å². The minimum atomic E-state index is -0.550. The normalized spacial score (nSPS) is 25.6. The fraction of sp³-hybridized carbons (Fsp3) is 0.545. The molecule has 3 rings (SSSR count). The van der Waals surface area contributed by atoms with E-state index >= 15 is 0 Å². The second kappa shape index (κ2) is 3.58. The Morgan fingerprint density at radius 1 is 1.71 bits per heavy atom. The lowest BCUT2D eigenvalue weighted by Crippen LogP contribution is -2.26. The first-order chi connectivity index (χ1) is 8.25. The third kappa shape index (κ3) is 1.44. The maximum absolute atomic E-state index is 11.6. The van der Waals surface area contributed by atoms with E-state index in [2.05, 4.69) is 10.1 Å². The molecule has 0 saturated carbocycles. The molecular formula is C11H13N3O3. The molecule has 0 aromatic carbocycles. The molecule has 0 fully saturated rings. The van der Waals surface area contributed by atoms with Gasteiger partial charge in [-0.15, -0.1) is 0 Å². The largest absolute Gasteiger partial charge is 0.461 e. The lowest BCUT2D eigenvalue weighted by Gasteiger charge is -2.17. The second-order valence-electron chi connectivity index (χ2n) is 4.22. The second-order valence-corrected chi connectivity index (χ2v) is 4.22. The molecule has 1 aromatic rings. The van der Waals surface area contributed by atoms with E-state index in [1.165, 1.54) is 0 Å². The number of carbonyl (C=O) groups excluding carboxylic acids is 1. The fourth-order valence-electron chi connectivity index (χ4n) is 2.36. The smallest absolute Gasteiger partial charge is 0.356 e. The Bertz CT molecular complexity index is 494. The van der Waals surface area contributed by atoms with Crippen molar-refractivity contribution >= 4 is 11.7 Å². The van der Waals surface area contributed by atoms with E-state index in [1.807, 2.05) is 10.8 Å². The number of hydrogen-bond donors (Lipinski definition) is 0. The summed E-state index contributed by atoms with van der Waals surface area (Å²) in [5.41, 5.74) is -0.200. The van der Waals surface area contributed by atoms with Crippen LogP contribution in [-0.4, -0.2) is 27.8 Å². The topological polar surface area (TPSA) is 65.7 Å². The minimum Gasteiger partial charge on any atom is -0.461 e. The van der Waals surface area contributed by atoms with Crippen LogP contribution in [0, 0.1) is 0 Å². The molecular weight excluding hydrogens is 222 g/mol. The van der Waals surface area contributed by atoms with Gasteiger partial charge in [-0.1, -0.05) is 5.16 Å². The Morgan fingerprint density at radius 3 is 3.41 bits per heavy atom. The summed E-state index contributed by atoms with van der Waals surface area (Å²) in [7, 11) is 0. The number of rotatable bonds is 2. The molecule has 6 nitrogen and oxygen atoms in total. The Balaban J connectivity index is 1.81. The molecule has 1 atom stereocenters. The standard InChI is InChI=1S/C11H13N3O3/c1-2-16-9(15)8-7-11(17-13-8)3-5-14-6-4-12-10(11)14/h4,6H,2-3,5,7H2,1H3. The zero-order valence-corrected chi connectivity index (χ0v) is 9.55. The lowest BCUT2D eigenvalue weighted by molar-refractivity contribution is -0.135. The van der Waals surface area contributed by atoms with Crippen molar-refractivity contribution in [3.8, 4) is 0 Å². The molecule has 6 heteroatoms. The Morgan fingerprint density at radius 2 is 2.59 bits per heavy atom. The summed E-state index contributed by atoms with van der Waals surface area (Å²) in [5.74, 6) is 0.454. The first-order valence-electron chi connectivity index (χ1n) is 5.69. The van der Waals surface area contributed by atoms with Crippen molar-refractivity contribution in [3.63, 3.8) is 0 Å². The summed E-state index contributed by atoms with van der Waals surface area (Å²) in [5, 5.41) is 3.86. The van der Waals surface area contributed by atoms with Crippen LogP contribution in [0.25, 0.3) is 0 Å². The zero-order chi connectivity index (χ0) is 11.9. The van der Waals surface area contributed by atoms with Crippen LogP contribution >= 0.6 is 0 Å². The van der Waals surface area contributed by atoms with Gasteiger partial charge < -0.3 is 14.1 Å². The van der Waals surface area contributed by atoms with E-state index in [-0.39, 0.29) is 0 Å². The van der Waals surface area contributed by atoms with Crippen LogP contribution in [-0.2, 0) is 26.5 Å². The highest BCUT2D eigenvalue weighted by atomic mass is 16.7. The first-order valence-corrected chi connectivity index (χ1v) is 5.69. The van der Waals surface area contributed by atoms with Crippen LogP contribution in [0.15, 0.2) is 17.5 Å². The van der Waals surface area contributed by atoms with Gasteiger partial charge in [-0.25, -0.2) is 9.78 Å². The summed E-state index contributed by atoms with van der Waals surface area (Å²) in [6, 6.07) is 0. The van der Waals surface area contributed by atoms with Crippen molar-refractivity contribution in [1.29, 1.82) is 0 Å². The van der Waals surface area contributed by atoms with Gasteiger partial charge in [0.05, 0.1) is 13.0 Å². The number of aromatic nitrogens is 2.